The summed E-state index contributed by atoms with van der Waals surface area (Å²) >= 11 is 0. The van der Waals surface area contributed by atoms with Gasteiger partial charge in [-0.3, -0.25) is 9.78 Å². The van der Waals surface area contributed by atoms with E-state index in [0.29, 0.717) is 6.42 Å². The summed E-state index contributed by atoms with van der Waals surface area (Å²) in [5.41, 5.74) is 4.05. The quantitative estimate of drug-likeness (QED) is 0.782. The van der Waals surface area contributed by atoms with Crippen LogP contribution in [0.2, 0.25) is 0 Å². The summed E-state index contributed by atoms with van der Waals surface area (Å²) in [6.07, 6.45) is 7.10. The van der Waals surface area contributed by atoms with Crippen LogP contribution in [0.1, 0.15) is 23.1 Å². The van der Waals surface area contributed by atoms with E-state index in [4.69, 9.17) is 0 Å². The van der Waals surface area contributed by atoms with E-state index < -0.39 is 5.41 Å². The SMILES string of the molecule is Cc1c[nH]c2cc(C3(Cc4ccncc4)CCNC3=O)ccc12. The fourth-order valence-electron chi connectivity index (χ4n) is 3.64. The lowest BCUT2D eigenvalue weighted by atomic mass is 9.74. The van der Waals surface area contributed by atoms with E-state index in [1.807, 2.05) is 18.3 Å². The van der Waals surface area contributed by atoms with Crippen molar-refractivity contribution in [3.05, 3.63) is 65.6 Å². The van der Waals surface area contributed by atoms with Gasteiger partial charge in [-0.25, -0.2) is 0 Å². The van der Waals surface area contributed by atoms with Gasteiger partial charge in [-0.15, -0.1) is 0 Å². The molecule has 0 bridgehead atoms. The molecular formula is C19H19N3O. The molecule has 1 aromatic carbocycles. The average Bonchev–Trinajstić information content (AvgIpc) is 3.13. The molecule has 4 rings (SSSR count). The van der Waals surface area contributed by atoms with Gasteiger partial charge in [0.25, 0.3) is 0 Å². The second-order valence-corrected chi connectivity index (χ2v) is 6.35. The average molecular weight is 305 g/mol. The second kappa shape index (κ2) is 5.23. The van der Waals surface area contributed by atoms with Crippen molar-refractivity contribution in [2.75, 3.05) is 6.54 Å². The van der Waals surface area contributed by atoms with Gasteiger partial charge in [-0.2, -0.15) is 0 Å². The number of benzene rings is 1. The van der Waals surface area contributed by atoms with E-state index in [9.17, 15) is 4.79 Å². The number of aromatic nitrogens is 2. The van der Waals surface area contributed by atoms with Crippen LogP contribution in [0.3, 0.4) is 0 Å². The first-order chi connectivity index (χ1) is 11.2. The van der Waals surface area contributed by atoms with Gasteiger partial charge in [0, 0.05) is 36.0 Å². The zero-order valence-electron chi connectivity index (χ0n) is 13.1. The van der Waals surface area contributed by atoms with Gasteiger partial charge in [0.15, 0.2) is 0 Å². The maximum Gasteiger partial charge on any atom is 0.231 e. The molecule has 0 saturated carbocycles. The standard InChI is InChI=1S/C19H19N3O/c1-13-12-22-17-10-15(2-3-16(13)17)19(6-9-21-18(19)23)11-14-4-7-20-8-5-14/h2-5,7-8,10,12,22H,6,9,11H2,1H3,(H,21,23). The topological polar surface area (TPSA) is 57.8 Å². The molecule has 1 amide bonds. The van der Waals surface area contributed by atoms with E-state index in [1.165, 1.54) is 10.9 Å². The summed E-state index contributed by atoms with van der Waals surface area (Å²) in [4.78, 5) is 20.1. The number of nitrogens with one attached hydrogen (secondary N) is 2. The molecule has 2 N–H and O–H groups in total. The Balaban J connectivity index is 1.82. The third-order valence-corrected chi connectivity index (χ3v) is 4.97. The van der Waals surface area contributed by atoms with E-state index in [-0.39, 0.29) is 5.91 Å². The van der Waals surface area contributed by atoms with Crippen molar-refractivity contribution in [2.24, 2.45) is 0 Å². The Labute approximate surface area is 134 Å². The molecule has 1 aliphatic rings. The molecule has 116 valence electrons. The lowest BCUT2D eigenvalue weighted by molar-refractivity contribution is -0.124. The lowest BCUT2D eigenvalue weighted by Gasteiger charge is -2.27. The van der Waals surface area contributed by atoms with Crippen LogP contribution >= 0.6 is 0 Å². The number of amides is 1. The van der Waals surface area contributed by atoms with Gasteiger partial charge in [0.1, 0.15) is 0 Å². The Bertz CT molecular complexity index is 869. The molecule has 3 heterocycles. The van der Waals surface area contributed by atoms with Crippen molar-refractivity contribution in [3.63, 3.8) is 0 Å². The number of fused-ring (bicyclic) bond motifs is 1. The molecule has 1 atom stereocenters. The van der Waals surface area contributed by atoms with Crippen molar-refractivity contribution in [2.45, 2.75) is 25.2 Å². The summed E-state index contributed by atoms with van der Waals surface area (Å²) in [5.74, 6) is 0.122. The van der Waals surface area contributed by atoms with Crippen molar-refractivity contribution in [1.82, 2.24) is 15.3 Å². The van der Waals surface area contributed by atoms with Crippen LogP contribution in [0.25, 0.3) is 10.9 Å². The van der Waals surface area contributed by atoms with Crippen molar-refractivity contribution >= 4 is 16.8 Å². The van der Waals surface area contributed by atoms with E-state index in [2.05, 4.69) is 40.4 Å². The molecule has 0 spiro atoms. The largest absolute Gasteiger partial charge is 0.361 e. The molecule has 23 heavy (non-hydrogen) atoms. The number of aryl methyl sites for hydroxylation is 1. The first kappa shape index (κ1) is 14.0. The summed E-state index contributed by atoms with van der Waals surface area (Å²) < 4.78 is 0. The van der Waals surface area contributed by atoms with Gasteiger partial charge < -0.3 is 10.3 Å². The van der Waals surface area contributed by atoms with Gasteiger partial charge in [-0.05, 0) is 54.7 Å². The second-order valence-electron chi connectivity index (χ2n) is 6.35. The third kappa shape index (κ3) is 2.22. The number of pyridine rings is 1. The van der Waals surface area contributed by atoms with E-state index >= 15 is 0 Å². The van der Waals surface area contributed by atoms with Gasteiger partial charge in [0.05, 0.1) is 5.41 Å². The highest BCUT2D eigenvalue weighted by Crippen LogP contribution is 2.37. The Morgan fingerprint density at radius 1 is 1.22 bits per heavy atom. The van der Waals surface area contributed by atoms with E-state index in [0.717, 1.165) is 29.6 Å². The molecule has 0 radical (unpaired) electrons. The van der Waals surface area contributed by atoms with Crippen LogP contribution in [-0.2, 0) is 16.6 Å². The van der Waals surface area contributed by atoms with Crippen molar-refractivity contribution < 1.29 is 4.79 Å². The minimum Gasteiger partial charge on any atom is -0.361 e. The van der Waals surface area contributed by atoms with Crippen LogP contribution in [-0.4, -0.2) is 22.4 Å². The minimum atomic E-state index is -0.492. The molecule has 0 aliphatic carbocycles. The number of hydrogen-bond acceptors (Lipinski definition) is 2. The van der Waals surface area contributed by atoms with Crippen LogP contribution in [0.4, 0.5) is 0 Å². The molecule has 1 unspecified atom stereocenters. The van der Waals surface area contributed by atoms with Crippen LogP contribution in [0, 0.1) is 6.92 Å². The zero-order valence-corrected chi connectivity index (χ0v) is 13.1. The molecule has 4 nitrogen and oxygen atoms in total. The maximum atomic E-state index is 12.7. The predicted molar refractivity (Wildman–Crippen MR) is 90.3 cm³/mol. The number of aromatic amines is 1. The fourth-order valence-corrected chi connectivity index (χ4v) is 3.64. The third-order valence-electron chi connectivity index (χ3n) is 4.97. The molecule has 3 aromatic rings. The Morgan fingerprint density at radius 2 is 2.04 bits per heavy atom. The summed E-state index contributed by atoms with van der Waals surface area (Å²) in [6, 6.07) is 10.3. The van der Waals surface area contributed by atoms with E-state index in [1.54, 1.807) is 12.4 Å². The first-order valence-corrected chi connectivity index (χ1v) is 7.94. The number of H-pyrrole nitrogens is 1. The molecule has 1 saturated heterocycles. The highest BCUT2D eigenvalue weighted by Gasteiger charge is 2.44. The smallest absolute Gasteiger partial charge is 0.231 e. The molecule has 2 aromatic heterocycles. The lowest BCUT2D eigenvalue weighted by Crippen LogP contribution is -2.37. The molecule has 1 aliphatic heterocycles. The highest BCUT2D eigenvalue weighted by molar-refractivity contribution is 5.92. The summed E-state index contributed by atoms with van der Waals surface area (Å²) in [6.45, 7) is 2.82. The summed E-state index contributed by atoms with van der Waals surface area (Å²) in [7, 11) is 0. The first-order valence-electron chi connectivity index (χ1n) is 7.94. The molecule has 1 fully saturated rings. The monoisotopic (exact) mass is 305 g/mol. The van der Waals surface area contributed by atoms with Gasteiger partial charge in [0.2, 0.25) is 5.91 Å². The number of hydrogen-bond donors (Lipinski definition) is 2. The maximum absolute atomic E-state index is 12.7. The van der Waals surface area contributed by atoms with Crippen LogP contribution in [0.15, 0.2) is 48.9 Å². The minimum absolute atomic E-state index is 0.122. The highest BCUT2D eigenvalue weighted by atomic mass is 16.2. The number of nitrogens with zero attached hydrogens (tertiary/aromatic N) is 1. The zero-order chi connectivity index (χ0) is 15.9. The number of rotatable bonds is 3. The van der Waals surface area contributed by atoms with Crippen molar-refractivity contribution in [1.29, 1.82) is 0 Å². The number of carbonyl (C=O) groups excluding carboxylic acids is 1. The van der Waals surface area contributed by atoms with Gasteiger partial charge in [-0.1, -0.05) is 12.1 Å². The molecule has 4 heteroatoms. The number of carbonyl (C=O) groups is 1. The summed E-state index contributed by atoms with van der Waals surface area (Å²) in [5, 5.41) is 4.23. The normalized spacial score (nSPS) is 20.8. The Kier molecular flexibility index (Phi) is 3.18. The molecular weight excluding hydrogens is 286 g/mol. The fraction of sp³-hybridized carbons (Fsp3) is 0.263. The van der Waals surface area contributed by atoms with Gasteiger partial charge >= 0.3 is 0 Å². The Morgan fingerprint density at radius 3 is 2.78 bits per heavy atom. The predicted octanol–water partition coefficient (Wildman–Crippen LogP) is 2.87. The van der Waals surface area contributed by atoms with Crippen molar-refractivity contribution in [3.8, 4) is 0 Å². The van der Waals surface area contributed by atoms with Crippen LogP contribution in [0.5, 0.6) is 0 Å². The van der Waals surface area contributed by atoms with Crippen LogP contribution < -0.4 is 5.32 Å². The Hall–Kier alpha value is -2.62.